The molecule has 0 aliphatic heterocycles. The fraction of sp³-hybridized carbons (Fsp3) is 0.486. The molecule has 0 aliphatic rings. The Balaban J connectivity index is 1.76. The van der Waals surface area contributed by atoms with Gasteiger partial charge in [-0.15, -0.1) is 0 Å². The highest BCUT2D eigenvalue weighted by Gasteiger charge is 2.26. The van der Waals surface area contributed by atoms with E-state index in [4.69, 9.17) is 0 Å². The summed E-state index contributed by atoms with van der Waals surface area (Å²) in [6.45, 7) is 9.60. The lowest BCUT2D eigenvalue weighted by atomic mass is 9.79. The van der Waals surface area contributed by atoms with Crippen molar-refractivity contribution in [3.8, 4) is 5.75 Å². The maximum absolute atomic E-state index is 9.72. The quantitative estimate of drug-likeness (QED) is 0.191. The standard InChI is InChI=1S/C35H48OS/c1-5-6-7-10-19-33(29(4)32-17-13-9-14-18-32)25-35(37-26-30-20-22-34(36)23-21-30)24-27(2)28(3)31-15-11-8-12-16-31/h8-9,11-18,20-23,27-29,33,35-36H,5-7,10,19,24-26H2,1-4H3. The van der Waals surface area contributed by atoms with E-state index in [1.165, 1.54) is 61.6 Å². The highest BCUT2D eigenvalue weighted by Crippen LogP contribution is 2.39. The third-order valence-electron chi connectivity index (χ3n) is 8.26. The molecule has 0 aliphatic carbocycles. The third-order valence-corrected chi connectivity index (χ3v) is 9.62. The first kappa shape index (κ1) is 29.4. The van der Waals surface area contributed by atoms with Crippen molar-refractivity contribution in [3.05, 3.63) is 102 Å². The largest absolute Gasteiger partial charge is 0.508 e. The van der Waals surface area contributed by atoms with Gasteiger partial charge < -0.3 is 5.11 Å². The Bertz CT molecular complexity index is 985. The van der Waals surface area contributed by atoms with Gasteiger partial charge in [-0.25, -0.2) is 0 Å². The summed E-state index contributed by atoms with van der Waals surface area (Å²) in [6.07, 6.45) is 9.12. The van der Waals surface area contributed by atoms with E-state index in [1.54, 1.807) is 0 Å². The smallest absolute Gasteiger partial charge is 0.115 e. The van der Waals surface area contributed by atoms with Gasteiger partial charge in [0.1, 0.15) is 5.75 Å². The van der Waals surface area contributed by atoms with Gasteiger partial charge in [-0.05, 0) is 71.8 Å². The van der Waals surface area contributed by atoms with Gasteiger partial charge >= 0.3 is 0 Å². The normalized spacial score (nSPS) is 15.6. The van der Waals surface area contributed by atoms with E-state index in [2.05, 4.69) is 112 Å². The predicted octanol–water partition coefficient (Wildman–Crippen LogP) is 10.6. The Morgan fingerprint density at radius 2 is 1.27 bits per heavy atom. The Hall–Kier alpha value is -2.19. The second kappa shape index (κ2) is 15.9. The van der Waals surface area contributed by atoms with Crippen LogP contribution in [0.5, 0.6) is 5.75 Å². The number of benzene rings is 3. The van der Waals surface area contributed by atoms with Gasteiger partial charge in [-0.3, -0.25) is 0 Å². The molecule has 5 atom stereocenters. The minimum atomic E-state index is 0.347. The van der Waals surface area contributed by atoms with E-state index in [0.717, 1.165) is 5.75 Å². The van der Waals surface area contributed by atoms with Crippen molar-refractivity contribution >= 4 is 11.8 Å². The first-order chi connectivity index (χ1) is 18.0. The summed E-state index contributed by atoms with van der Waals surface area (Å²) in [7, 11) is 0. The molecule has 37 heavy (non-hydrogen) atoms. The topological polar surface area (TPSA) is 20.2 Å². The molecule has 3 aromatic rings. The Kier molecular flexibility index (Phi) is 12.6. The zero-order valence-corrected chi connectivity index (χ0v) is 24.3. The first-order valence-electron chi connectivity index (χ1n) is 14.5. The predicted molar refractivity (Wildman–Crippen MR) is 164 cm³/mol. The summed E-state index contributed by atoms with van der Waals surface area (Å²) in [5, 5.41) is 10.3. The van der Waals surface area contributed by atoms with Gasteiger partial charge in [-0.1, -0.05) is 126 Å². The van der Waals surface area contributed by atoms with E-state index < -0.39 is 0 Å². The number of aromatic hydroxyl groups is 1. The van der Waals surface area contributed by atoms with Crippen LogP contribution in [0.4, 0.5) is 0 Å². The number of hydrogen-bond donors (Lipinski definition) is 1. The van der Waals surface area contributed by atoms with Crippen LogP contribution in [0.2, 0.25) is 0 Å². The lowest BCUT2D eigenvalue weighted by Crippen LogP contribution is -2.21. The number of unbranched alkanes of at least 4 members (excludes halogenated alkanes) is 3. The molecule has 0 radical (unpaired) electrons. The lowest BCUT2D eigenvalue weighted by molar-refractivity contribution is 0.342. The van der Waals surface area contributed by atoms with Crippen LogP contribution < -0.4 is 0 Å². The van der Waals surface area contributed by atoms with Crippen LogP contribution >= 0.6 is 11.8 Å². The number of thioether (sulfide) groups is 1. The molecule has 0 fully saturated rings. The molecule has 1 nitrogen and oxygen atoms in total. The van der Waals surface area contributed by atoms with Crippen molar-refractivity contribution in [1.82, 2.24) is 0 Å². The Labute approximate surface area is 231 Å². The van der Waals surface area contributed by atoms with Crippen LogP contribution in [-0.4, -0.2) is 10.4 Å². The molecule has 5 unspecified atom stereocenters. The molecule has 0 amide bonds. The van der Waals surface area contributed by atoms with Gasteiger partial charge in [0.25, 0.3) is 0 Å². The van der Waals surface area contributed by atoms with Crippen LogP contribution in [0.3, 0.4) is 0 Å². The summed E-state index contributed by atoms with van der Waals surface area (Å²) in [5.41, 5.74) is 4.23. The number of phenolic OH excluding ortho intramolecular Hbond substituents is 1. The minimum Gasteiger partial charge on any atom is -0.508 e. The maximum atomic E-state index is 9.72. The third kappa shape index (κ3) is 9.89. The molecule has 2 heteroatoms. The zero-order chi connectivity index (χ0) is 26.5. The molecular formula is C35H48OS. The fourth-order valence-corrected chi connectivity index (χ4v) is 6.96. The Morgan fingerprint density at radius 3 is 1.86 bits per heavy atom. The van der Waals surface area contributed by atoms with Crippen molar-refractivity contribution in [2.24, 2.45) is 11.8 Å². The van der Waals surface area contributed by atoms with E-state index in [-0.39, 0.29) is 0 Å². The van der Waals surface area contributed by atoms with Gasteiger partial charge in [0, 0.05) is 11.0 Å². The van der Waals surface area contributed by atoms with E-state index >= 15 is 0 Å². The van der Waals surface area contributed by atoms with E-state index in [1.807, 2.05) is 12.1 Å². The average Bonchev–Trinajstić information content (AvgIpc) is 2.94. The van der Waals surface area contributed by atoms with Crippen molar-refractivity contribution in [2.75, 3.05) is 0 Å². The molecule has 0 heterocycles. The van der Waals surface area contributed by atoms with Crippen LogP contribution in [-0.2, 0) is 5.75 Å². The molecule has 0 spiro atoms. The molecule has 0 saturated carbocycles. The summed E-state index contributed by atoms with van der Waals surface area (Å²) >= 11 is 2.12. The first-order valence-corrected chi connectivity index (χ1v) is 15.5. The molecule has 1 N–H and O–H groups in total. The van der Waals surface area contributed by atoms with Crippen LogP contribution in [0.15, 0.2) is 84.9 Å². The highest BCUT2D eigenvalue weighted by molar-refractivity contribution is 7.99. The van der Waals surface area contributed by atoms with E-state index in [9.17, 15) is 5.11 Å². The second-order valence-electron chi connectivity index (χ2n) is 11.1. The van der Waals surface area contributed by atoms with Crippen LogP contribution in [0.1, 0.15) is 101 Å². The van der Waals surface area contributed by atoms with Gasteiger partial charge in [0.15, 0.2) is 0 Å². The molecular weight excluding hydrogens is 468 g/mol. The molecule has 0 bridgehead atoms. The second-order valence-corrected chi connectivity index (χ2v) is 12.3. The van der Waals surface area contributed by atoms with Gasteiger partial charge in [-0.2, -0.15) is 11.8 Å². The average molecular weight is 517 g/mol. The van der Waals surface area contributed by atoms with Crippen molar-refractivity contribution in [3.63, 3.8) is 0 Å². The van der Waals surface area contributed by atoms with Crippen molar-refractivity contribution in [2.45, 2.75) is 95.5 Å². The van der Waals surface area contributed by atoms with Crippen LogP contribution in [0, 0.1) is 11.8 Å². The number of hydrogen-bond acceptors (Lipinski definition) is 2. The van der Waals surface area contributed by atoms with Gasteiger partial charge in [0.2, 0.25) is 0 Å². The highest BCUT2D eigenvalue weighted by atomic mass is 32.2. The van der Waals surface area contributed by atoms with Crippen LogP contribution in [0.25, 0.3) is 0 Å². The van der Waals surface area contributed by atoms with Crippen molar-refractivity contribution < 1.29 is 5.11 Å². The molecule has 0 aromatic heterocycles. The van der Waals surface area contributed by atoms with E-state index in [0.29, 0.717) is 34.7 Å². The molecule has 200 valence electrons. The molecule has 0 saturated heterocycles. The summed E-state index contributed by atoms with van der Waals surface area (Å²) in [4.78, 5) is 0. The monoisotopic (exact) mass is 516 g/mol. The summed E-state index contributed by atoms with van der Waals surface area (Å²) < 4.78 is 0. The van der Waals surface area contributed by atoms with Gasteiger partial charge in [0.05, 0.1) is 0 Å². The Morgan fingerprint density at radius 1 is 0.676 bits per heavy atom. The fourth-order valence-electron chi connectivity index (χ4n) is 5.51. The lowest BCUT2D eigenvalue weighted by Gasteiger charge is -2.31. The zero-order valence-electron chi connectivity index (χ0n) is 23.5. The molecule has 3 aromatic carbocycles. The SMILES string of the molecule is CCCCCCC(CC(CC(C)C(C)c1ccccc1)SCc1ccc(O)cc1)C(C)c1ccccc1. The molecule has 3 rings (SSSR count). The summed E-state index contributed by atoms with van der Waals surface area (Å²) in [6, 6.07) is 30.0. The van der Waals surface area contributed by atoms with Crippen molar-refractivity contribution in [1.29, 1.82) is 0 Å². The number of rotatable bonds is 16. The minimum absolute atomic E-state index is 0.347. The summed E-state index contributed by atoms with van der Waals surface area (Å²) in [5.74, 6) is 3.77. The maximum Gasteiger partial charge on any atom is 0.115 e. The number of phenols is 1.